The summed E-state index contributed by atoms with van der Waals surface area (Å²) in [4.78, 5) is 19.5. The van der Waals surface area contributed by atoms with Crippen LogP contribution < -0.4 is 0 Å². The summed E-state index contributed by atoms with van der Waals surface area (Å²) in [6.45, 7) is 0.958. The van der Waals surface area contributed by atoms with Gasteiger partial charge in [0, 0.05) is 11.6 Å². The van der Waals surface area contributed by atoms with E-state index in [1.807, 2.05) is 0 Å². The number of furan rings is 1. The summed E-state index contributed by atoms with van der Waals surface area (Å²) >= 11 is 12.4. The molecule has 1 saturated heterocycles. The molecule has 0 N–H and O–H groups in total. The van der Waals surface area contributed by atoms with Gasteiger partial charge in [0.15, 0.2) is 0 Å². The van der Waals surface area contributed by atoms with E-state index >= 15 is 0 Å². The number of imidazole rings is 1. The zero-order chi connectivity index (χ0) is 28.3. The van der Waals surface area contributed by atoms with Crippen molar-refractivity contribution in [3.63, 3.8) is 0 Å². The number of sulfone groups is 1. The first-order chi connectivity index (χ1) is 19.2. The van der Waals surface area contributed by atoms with Crippen molar-refractivity contribution in [2.24, 2.45) is 0 Å². The van der Waals surface area contributed by atoms with Crippen molar-refractivity contribution in [2.45, 2.75) is 49.5 Å². The minimum atomic E-state index is -3.93. The van der Waals surface area contributed by atoms with Crippen LogP contribution in [-0.2, 0) is 40.0 Å². The molecule has 0 unspecified atom stereocenters. The molecular weight excluding hydrogens is 580 g/mol. The fourth-order valence-electron chi connectivity index (χ4n) is 4.64. The lowest BCUT2D eigenvalue weighted by Crippen LogP contribution is -2.32. The third kappa shape index (κ3) is 6.58. The van der Waals surface area contributed by atoms with Crippen LogP contribution >= 0.6 is 23.2 Å². The number of carbonyl (C=O) groups is 1. The van der Waals surface area contributed by atoms with Crippen molar-refractivity contribution >= 4 is 38.9 Å². The topological polar surface area (TPSA) is 94.6 Å². The maximum Gasteiger partial charge on any atom is 0.256 e. The van der Waals surface area contributed by atoms with Gasteiger partial charge in [-0.1, -0.05) is 35.3 Å². The van der Waals surface area contributed by atoms with Crippen LogP contribution in [0.15, 0.2) is 76.6 Å². The SMILES string of the molecule is O=C(c1ccc(Cl)cc1Cl)N(Cc1ccco1)Cc1cnc(S(=O)(=O)Cc2ccc(F)cc2)n1C[C@@H]1CCCO1. The molecule has 40 heavy (non-hydrogen) atoms. The first-order valence-electron chi connectivity index (χ1n) is 12.6. The van der Waals surface area contributed by atoms with E-state index in [1.165, 1.54) is 47.7 Å². The Morgan fingerprint density at radius 2 is 1.93 bits per heavy atom. The largest absolute Gasteiger partial charge is 0.467 e. The van der Waals surface area contributed by atoms with Crippen molar-refractivity contribution in [2.75, 3.05) is 6.61 Å². The number of hydrogen-bond acceptors (Lipinski definition) is 6. The summed E-state index contributed by atoms with van der Waals surface area (Å²) in [6.07, 6.45) is 4.40. The Kier molecular flexibility index (Phi) is 8.60. The molecule has 2 aromatic heterocycles. The van der Waals surface area contributed by atoms with E-state index in [9.17, 15) is 17.6 Å². The molecule has 12 heteroatoms. The van der Waals surface area contributed by atoms with Gasteiger partial charge in [-0.25, -0.2) is 17.8 Å². The highest BCUT2D eigenvalue weighted by Gasteiger charge is 2.29. The molecule has 1 atom stereocenters. The molecule has 5 rings (SSSR count). The molecule has 2 aromatic carbocycles. The van der Waals surface area contributed by atoms with E-state index in [1.54, 1.807) is 28.8 Å². The minimum absolute atomic E-state index is 0.0181. The Labute approximate surface area is 241 Å². The van der Waals surface area contributed by atoms with Gasteiger partial charge in [-0.15, -0.1) is 0 Å². The Morgan fingerprint density at radius 3 is 2.60 bits per heavy atom. The van der Waals surface area contributed by atoms with Crippen molar-refractivity contribution in [1.29, 1.82) is 0 Å². The summed E-state index contributed by atoms with van der Waals surface area (Å²) in [5.74, 6) is -0.665. The molecule has 0 saturated carbocycles. The van der Waals surface area contributed by atoms with E-state index in [2.05, 4.69) is 4.98 Å². The Hall–Kier alpha value is -3.18. The van der Waals surface area contributed by atoms with E-state index in [0.717, 1.165) is 12.8 Å². The lowest BCUT2D eigenvalue weighted by Gasteiger charge is -2.24. The van der Waals surface area contributed by atoms with E-state index in [-0.39, 0.29) is 47.2 Å². The zero-order valence-electron chi connectivity index (χ0n) is 21.3. The predicted molar refractivity (Wildman–Crippen MR) is 147 cm³/mol. The molecule has 0 radical (unpaired) electrons. The van der Waals surface area contributed by atoms with Crippen molar-refractivity contribution in [1.82, 2.24) is 14.5 Å². The molecule has 0 aliphatic carbocycles. The monoisotopic (exact) mass is 605 g/mol. The van der Waals surface area contributed by atoms with Gasteiger partial charge in [0.05, 0.1) is 60.2 Å². The van der Waals surface area contributed by atoms with Crippen LogP contribution in [0.25, 0.3) is 0 Å². The normalized spacial score (nSPS) is 15.4. The number of nitrogens with zero attached hydrogens (tertiary/aromatic N) is 3. The summed E-state index contributed by atoms with van der Waals surface area (Å²) < 4.78 is 53.3. The summed E-state index contributed by atoms with van der Waals surface area (Å²) in [7, 11) is -3.93. The summed E-state index contributed by atoms with van der Waals surface area (Å²) in [5.41, 5.74) is 1.17. The van der Waals surface area contributed by atoms with Crippen LogP contribution in [0.2, 0.25) is 10.0 Å². The van der Waals surface area contributed by atoms with Crippen LogP contribution in [0.3, 0.4) is 0 Å². The molecule has 1 aliphatic heterocycles. The zero-order valence-corrected chi connectivity index (χ0v) is 23.6. The van der Waals surface area contributed by atoms with E-state index < -0.39 is 21.6 Å². The average molecular weight is 607 g/mol. The van der Waals surface area contributed by atoms with Crippen molar-refractivity contribution < 1.29 is 26.8 Å². The second kappa shape index (κ2) is 12.1. The number of benzene rings is 2. The molecule has 1 aliphatic rings. The standard InChI is InChI=1S/C28H26Cl2FN3O5S/c29-20-7-10-25(26(30)13-20)27(35)33(16-23-3-1-11-38-23)15-22-14-32-28(34(22)17-24-4-2-12-39-24)40(36,37)18-19-5-8-21(31)9-6-19/h1,3,5-11,13-14,24H,2,4,12,15-18H2/t24-/m0/s1. The Balaban J connectivity index is 1.50. The maximum atomic E-state index is 13.7. The van der Waals surface area contributed by atoms with Gasteiger partial charge in [-0.2, -0.15) is 0 Å². The molecule has 8 nitrogen and oxygen atoms in total. The lowest BCUT2D eigenvalue weighted by atomic mass is 10.2. The summed E-state index contributed by atoms with van der Waals surface area (Å²) in [5, 5.41) is 0.444. The van der Waals surface area contributed by atoms with Crippen molar-refractivity contribution in [3.8, 4) is 0 Å². The van der Waals surface area contributed by atoms with Gasteiger partial charge < -0.3 is 18.6 Å². The number of hydrogen-bond donors (Lipinski definition) is 0. The number of aromatic nitrogens is 2. The van der Waals surface area contributed by atoms with Crippen molar-refractivity contribution in [3.05, 3.63) is 106 Å². The number of carbonyl (C=O) groups excluding carboxylic acids is 1. The molecule has 0 bridgehead atoms. The Bertz CT molecular complexity index is 1580. The fraction of sp³-hybridized carbons (Fsp3) is 0.286. The second-order valence-corrected chi connectivity index (χ2v) is 12.3. The number of rotatable bonds is 10. The fourth-order valence-corrected chi connectivity index (χ4v) is 6.63. The van der Waals surface area contributed by atoms with Gasteiger partial charge in [-0.3, -0.25) is 4.79 Å². The highest BCUT2D eigenvalue weighted by molar-refractivity contribution is 7.90. The third-order valence-electron chi connectivity index (χ3n) is 6.59. The summed E-state index contributed by atoms with van der Waals surface area (Å²) in [6, 6.07) is 13.4. The smallest absolute Gasteiger partial charge is 0.256 e. The molecule has 3 heterocycles. The number of ether oxygens (including phenoxy) is 1. The second-order valence-electron chi connectivity index (χ2n) is 9.53. The highest BCUT2D eigenvalue weighted by atomic mass is 35.5. The van der Waals surface area contributed by atoms with Gasteiger partial charge in [0.25, 0.3) is 5.91 Å². The average Bonchev–Trinajstić information content (AvgIpc) is 3.69. The van der Waals surface area contributed by atoms with Crippen LogP contribution in [0.5, 0.6) is 0 Å². The maximum absolute atomic E-state index is 13.7. The van der Waals surface area contributed by atoms with Crippen LogP contribution in [0.1, 0.15) is 40.2 Å². The molecule has 210 valence electrons. The molecule has 1 amide bonds. The first kappa shape index (κ1) is 28.4. The molecule has 1 fully saturated rings. The van der Waals surface area contributed by atoms with Crippen LogP contribution in [-0.4, -0.2) is 41.5 Å². The predicted octanol–water partition coefficient (Wildman–Crippen LogP) is 5.92. The third-order valence-corrected chi connectivity index (χ3v) is 8.73. The quantitative estimate of drug-likeness (QED) is 0.223. The lowest BCUT2D eigenvalue weighted by molar-refractivity contribution is 0.0706. The van der Waals surface area contributed by atoms with E-state index in [4.69, 9.17) is 32.4 Å². The minimum Gasteiger partial charge on any atom is -0.467 e. The number of halogens is 3. The molecule has 4 aromatic rings. The number of amides is 1. The molecule has 0 spiro atoms. The van der Waals surface area contributed by atoms with Gasteiger partial charge in [0.2, 0.25) is 15.0 Å². The van der Waals surface area contributed by atoms with Gasteiger partial charge in [-0.05, 0) is 60.9 Å². The highest BCUT2D eigenvalue weighted by Crippen LogP contribution is 2.26. The van der Waals surface area contributed by atoms with Crippen LogP contribution in [0, 0.1) is 5.82 Å². The Morgan fingerprint density at radius 1 is 1.12 bits per heavy atom. The van der Waals surface area contributed by atoms with Crippen LogP contribution in [0.4, 0.5) is 4.39 Å². The molecular formula is C28H26Cl2FN3O5S. The van der Waals surface area contributed by atoms with Gasteiger partial charge >= 0.3 is 0 Å². The first-order valence-corrected chi connectivity index (χ1v) is 15.0. The van der Waals surface area contributed by atoms with E-state index in [0.29, 0.717) is 28.6 Å². The van der Waals surface area contributed by atoms with Gasteiger partial charge in [0.1, 0.15) is 11.6 Å².